The second-order valence-electron chi connectivity index (χ2n) is 7.56. The molecule has 3 unspecified atom stereocenters. The van der Waals surface area contributed by atoms with E-state index in [9.17, 15) is 5.11 Å². The first kappa shape index (κ1) is 19.2. The first-order chi connectivity index (χ1) is 12.7. The molecule has 144 valence electrons. The summed E-state index contributed by atoms with van der Waals surface area (Å²) in [5, 5.41) is 16.8. The zero-order valence-electron chi connectivity index (χ0n) is 16.1. The highest BCUT2D eigenvalue weighted by atomic mass is 16.5. The van der Waals surface area contributed by atoms with Crippen LogP contribution in [0.1, 0.15) is 50.5 Å². The number of aliphatic hydroxyl groups is 1. The van der Waals surface area contributed by atoms with Gasteiger partial charge in [0.25, 0.3) is 0 Å². The minimum Gasteiger partial charge on any atom is -0.396 e. The van der Waals surface area contributed by atoms with Gasteiger partial charge in [-0.15, -0.1) is 0 Å². The monoisotopic (exact) mass is 359 g/mol. The number of guanidine groups is 1. The van der Waals surface area contributed by atoms with Crippen molar-refractivity contribution in [1.82, 2.24) is 10.6 Å². The molecule has 1 aromatic rings. The summed E-state index contributed by atoms with van der Waals surface area (Å²) in [5.41, 5.74) is 1.42. The Morgan fingerprint density at radius 2 is 2.04 bits per heavy atom. The molecule has 0 bridgehead atoms. The van der Waals surface area contributed by atoms with Crippen molar-refractivity contribution < 1.29 is 9.84 Å². The van der Waals surface area contributed by atoms with Crippen molar-refractivity contribution in [2.24, 2.45) is 10.4 Å². The summed E-state index contributed by atoms with van der Waals surface area (Å²) in [7, 11) is 1.81. The molecule has 2 saturated carbocycles. The molecule has 0 radical (unpaired) electrons. The van der Waals surface area contributed by atoms with E-state index in [4.69, 9.17) is 4.74 Å². The van der Waals surface area contributed by atoms with Gasteiger partial charge >= 0.3 is 0 Å². The Balaban J connectivity index is 1.56. The van der Waals surface area contributed by atoms with Crippen LogP contribution in [-0.2, 0) is 4.74 Å². The standard InChI is InChI=1S/C21H33N3O2/c1-3-26-19-13-18(21(19)11-7-8-12-21)24-20(22-2)23-14-17(15-25)16-9-5-4-6-10-16/h4-6,9-10,17-19,25H,3,7-8,11-15H2,1-2H3,(H2,22,23,24). The molecular formula is C21H33N3O2. The number of nitrogens with zero attached hydrogens (tertiary/aromatic N) is 1. The molecule has 2 fully saturated rings. The highest BCUT2D eigenvalue weighted by molar-refractivity contribution is 5.80. The van der Waals surface area contributed by atoms with E-state index in [1.54, 1.807) is 0 Å². The second kappa shape index (κ2) is 8.87. The summed E-state index contributed by atoms with van der Waals surface area (Å²) in [4.78, 5) is 4.41. The maximum absolute atomic E-state index is 9.75. The number of aliphatic hydroxyl groups excluding tert-OH is 1. The molecule has 0 aliphatic heterocycles. The van der Waals surface area contributed by atoms with Crippen molar-refractivity contribution in [3.63, 3.8) is 0 Å². The van der Waals surface area contributed by atoms with Gasteiger partial charge < -0.3 is 20.5 Å². The average Bonchev–Trinajstić information content (AvgIpc) is 3.20. The predicted molar refractivity (Wildman–Crippen MR) is 105 cm³/mol. The van der Waals surface area contributed by atoms with E-state index < -0.39 is 0 Å². The lowest BCUT2D eigenvalue weighted by molar-refractivity contribution is -0.125. The lowest BCUT2D eigenvalue weighted by Gasteiger charge is -2.54. The van der Waals surface area contributed by atoms with Gasteiger partial charge in [-0.25, -0.2) is 0 Å². The zero-order chi connectivity index (χ0) is 18.4. The van der Waals surface area contributed by atoms with Gasteiger partial charge in [-0.3, -0.25) is 4.99 Å². The number of ether oxygens (including phenoxy) is 1. The average molecular weight is 360 g/mol. The highest BCUT2D eigenvalue weighted by Crippen LogP contribution is 2.54. The number of benzene rings is 1. The van der Waals surface area contributed by atoms with Crippen LogP contribution in [0.2, 0.25) is 0 Å². The lowest BCUT2D eigenvalue weighted by atomic mass is 9.60. The van der Waals surface area contributed by atoms with Crippen molar-refractivity contribution in [1.29, 1.82) is 0 Å². The van der Waals surface area contributed by atoms with Gasteiger partial charge in [0.05, 0.1) is 12.7 Å². The highest BCUT2D eigenvalue weighted by Gasteiger charge is 2.56. The van der Waals surface area contributed by atoms with E-state index in [1.807, 2.05) is 25.2 Å². The van der Waals surface area contributed by atoms with Crippen LogP contribution in [0.3, 0.4) is 0 Å². The lowest BCUT2D eigenvalue weighted by Crippen LogP contribution is -2.65. The van der Waals surface area contributed by atoms with Crippen LogP contribution in [0.5, 0.6) is 0 Å². The molecule has 0 aromatic heterocycles. The van der Waals surface area contributed by atoms with Crippen molar-refractivity contribution in [3.05, 3.63) is 35.9 Å². The fourth-order valence-corrected chi connectivity index (χ4v) is 4.68. The summed E-state index contributed by atoms with van der Waals surface area (Å²) in [6.07, 6.45) is 6.53. The third-order valence-corrected chi connectivity index (χ3v) is 6.23. The Morgan fingerprint density at radius 1 is 1.31 bits per heavy atom. The Labute approximate surface area is 157 Å². The molecule has 0 saturated heterocycles. The molecule has 3 atom stereocenters. The molecular weight excluding hydrogens is 326 g/mol. The second-order valence-corrected chi connectivity index (χ2v) is 7.56. The van der Waals surface area contributed by atoms with Gasteiger partial charge in [0.2, 0.25) is 0 Å². The maximum Gasteiger partial charge on any atom is 0.191 e. The molecule has 1 aromatic carbocycles. The van der Waals surface area contributed by atoms with E-state index in [-0.39, 0.29) is 17.9 Å². The normalized spacial score (nSPS) is 25.7. The van der Waals surface area contributed by atoms with Crippen LogP contribution in [0, 0.1) is 5.41 Å². The minimum absolute atomic E-state index is 0.0627. The molecule has 2 aliphatic rings. The van der Waals surface area contributed by atoms with Crippen molar-refractivity contribution in [2.45, 2.75) is 57.1 Å². The Morgan fingerprint density at radius 3 is 2.65 bits per heavy atom. The van der Waals surface area contributed by atoms with E-state index in [0.717, 1.165) is 24.6 Å². The SMILES string of the molecule is CCOC1CC(NC(=NC)NCC(CO)c2ccccc2)C12CCCC2. The maximum atomic E-state index is 9.75. The molecule has 1 spiro atoms. The molecule has 0 amide bonds. The fraction of sp³-hybridized carbons (Fsp3) is 0.667. The smallest absolute Gasteiger partial charge is 0.191 e. The third-order valence-electron chi connectivity index (χ3n) is 6.23. The Kier molecular flexibility index (Phi) is 6.54. The number of hydrogen-bond acceptors (Lipinski definition) is 3. The van der Waals surface area contributed by atoms with Crippen molar-refractivity contribution in [3.8, 4) is 0 Å². The Bertz CT molecular complexity index is 584. The summed E-state index contributed by atoms with van der Waals surface area (Å²) in [5.74, 6) is 0.887. The molecule has 2 aliphatic carbocycles. The van der Waals surface area contributed by atoms with Crippen molar-refractivity contribution >= 4 is 5.96 Å². The topological polar surface area (TPSA) is 65.9 Å². The number of nitrogens with one attached hydrogen (secondary N) is 2. The number of rotatable bonds is 7. The van der Waals surface area contributed by atoms with Crippen LogP contribution in [0.15, 0.2) is 35.3 Å². The van der Waals surface area contributed by atoms with Crippen LogP contribution >= 0.6 is 0 Å². The summed E-state index contributed by atoms with van der Waals surface area (Å²) in [6, 6.07) is 10.6. The van der Waals surface area contributed by atoms with E-state index >= 15 is 0 Å². The van der Waals surface area contributed by atoms with Gasteiger partial charge in [-0.05, 0) is 31.7 Å². The van der Waals surface area contributed by atoms with Gasteiger partial charge in [-0.2, -0.15) is 0 Å². The third kappa shape index (κ3) is 3.89. The largest absolute Gasteiger partial charge is 0.396 e. The van der Waals surface area contributed by atoms with Gasteiger partial charge in [0, 0.05) is 37.6 Å². The van der Waals surface area contributed by atoms with E-state index in [0.29, 0.717) is 18.7 Å². The summed E-state index contributed by atoms with van der Waals surface area (Å²) < 4.78 is 6.00. The minimum atomic E-state index is 0.0627. The van der Waals surface area contributed by atoms with Crippen LogP contribution in [0.25, 0.3) is 0 Å². The number of aliphatic imine (C=N–C) groups is 1. The van der Waals surface area contributed by atoms with Gasteiger partial charge in [0.15, 0.2) is 5.96 Å². The molecule has 26 heavy (non-hydrogen) atoms. The molecule has 0 heterocycles. The van der Waals surface area contributed by atoms with E-state index in [1.165, 1.54) is 25.7 Å². The molecule has 5 heteroatoms. The molecule has 3 N–H and O–H groups in total. The fourth-order valence-electron chi connectivity index (χ4n) is 4.68. The van der Waals surface area contributed by atoms with Crippen molar-refractivity contribution in [2.75, 3.05) is 26.8 Å². The molecule has 5 nitrogen and oxygen atoms in total. The first-order valence-corrected chi connectivity index (χ1v) is 9.98. The zero-order valence-corrected chi connectivity index (χ0v) is 16.1. The van der Waals surface area contributed by atoms with Crippen LogP contribution < -0.4 is 10.6 Å². The number of hydrogen-bond donors (Lipinski definition) is 3. The summed E-state index contributed by atoms with van der Waals surface area (Å²) in [6.45, 7) is 3.66. The van der Waals surface area contributed by atoms with Gasteiger partial charge in [-0.1, -0.05) is 43.2 Å². The predicted octanol–water partition coefficient (Wildman–Crippen LogP) is 2.67. The molecule has 3 rings (SSSR count). The van der Waals surface area contributed by atoms with Gasteiger partial charge in [0.1, 0.15) is 0 Å². The van der Waals surface area contributed by atoms with Crippen LogP contribution in [-0.4, -0.2) is 50.0 Å². The quantitative estimate of drug-likeness (QED) is 0.517. The first-order valence-electron chi connectivity index (χ1n) is 9.98. The van der Waals surface area contributed by atoms with E-state index in [2.05, 4.69) is 34.7 Å². The Hall–Kier alpha value is -1.59. The summed E-state index contributed by atoms with van der Waals surface area (Å²) >= 11 is 0. The van der Waals surface area contributed by atoms with Crippen LogP contribution in [0.4, 0.5) is 0 Å².